The maximum absolute atomic E-state index is 13.0. The zero-order valence-corrected chi connectivity index (χ0v) is 15.0. The van der Waals surface area contributed by atoms with Crippen LogP contribution in [0.15, 0.2) is 42.5 Å². The molecule has 6 heteroatoms. The van der Waals surface area contributed by atoms with Gasteiger partial charge in [-0.1, -0.05) is 19.9 Å². The highest BCUT2D eigenvalue weighted by molar-refractivity contribution is 7.80. The summed E-state index contributed by atoms with van der Waals surface area (Å²) in [5.74, 6) is 1.55. The van der Waals surface area contributed by atoms with Gasteiger partial charge in [0.15, 0.2) is 16.6 Å². The summed E-state index contributed by atoms with van der Waals surface area (Å²) in [6.45, 7) is 5.37. The molecule has 2 aromatic rings. The molecule has 25 heavy (non-hydrogen) atoms. The van der Waals surface area contributed by atoms with Crippen molar-refractivity contribution in [1.29, 1.82) is 0 Å². The normalized spacial score (nSPS) is 14.1. The van der Waals surface area contributed by atoms with Crippen LogP contribution in [-0.4, -0.2) is 18.3 Å². The first-order chi connectivity index (χ1) is 12.0. The lowest BCUT2D eigenvalue weighted by Crippen LogP contribution is -2.35. The molecule has 1 aliphatic rings. The summed E-state index contributed by atoms with van der Waals surface area (Å²) >= 11 is 5.41. The van der Waals surface area contributed by atoms with E-state index in [1.807, 2.05) is 18.2 Å². The number of thiocarbonyl (C=S) groups is 1. The summed E-state index contributed by atoms with van der Waals surface area (Å²) < 4.78 is 24.2. The third-order valence-electron chi connectivity index (χ3n) is 3.98. The number of hydrogen-bond acceptors (Lipinski definition) is 3. The molecule has 0 amide bonds. The minimum atomic E-state index is -0.277. The molecule has 3 rings (SSSR count). The smallest absolute Gasteiger partial charge is 0.171 e. The van der Waals surface area contributed by atoms with Crippen molar-refractivity contribution < 1.29 is 13.9 Å². The van der Waals surface area contributed by atoms with Gasteiger partial charge in [0, 0.05) is 5.69 Å². The average molecular weight is 360 g/mol. The quantitative estimate of drug-likeness (QED) is 0.797. The van der Waals surface area contributed by atoms with Gasteiger partial charge < -0.3 is 20.1 Å². The van der Waals surface area contributed by atoms with Gasteiger partial charge >= 0.3 is 0 Å². The molecule has 0 saturated heterocycles. The van der Waals surface area contributed by atoms with E-state index in [0.717, 1.165) is 22.7 Å². The number of halogens is 1. The molecule has 0 fully saturated rings. The Morgan fingerprint density at radius 3 is 2.40 bits per heavy atom. The summed E-state index contributed by atoms with van der Waals surface area (Å²) in [6.07, 6.45) is 0. The lowest BCUT2D eigenvalue weighted by molar-refractivity contribution is 0.171. The van der Waals surface area contributed by atoms with E-state index in [4.69, 9.17) is 21.7 Å². The fraction of sp³-hybridized carbons (Fsp3) is 0.316. The molecular weight excluding hydrogens is 339 g/mol. The first-order valence-corrected chi connectivity index (χ1v) is 8.66. The van der Waals surface area contributed by atoms with Gasteiger partial charge in [0.25, 0.3) is 0 Å². The van der Waals surface area contributed by atoms with Gasteiger partial charge in [-0.25, -0.2) is 4.39 Å². The van der Waals surface area contributed by atoms with Crippen LogP contribution in [0, 0.1) is 11.7 Å². The molecule has 2 aromatic carbocycles. The Balaban J connectivity index is 1.72. The van der Waals surface area contributed by atoms with Gasteiger partial charge in [-0.15, -0.1) is 0 Å². The molecule has 1 aliphatic heterocycles. The number of rotatable bonds is 4. The van der Waals surface area contributed by atoms with Gasteiger partial charge in [-0.2, -0.15) is 0 Å². The maximum Gasteiger partial charge on any atom is 0.171 e. The second-order valence-electron chi connectivity index (χ2n) is 6.23. The predicted octanol–water partition coefficient (Wildman–Crippen LogP) is 4.28. The molecule has 0 saturated carbocycles. The van der Waals surface area contributed by atoms with E-state index in [9.17, 15) is 4.39 Å². The Hall–Kier alpha value is -2.34. The fourth-order valence-corrected chi connectivity index (χ4v) is 2.97. The van der Waals surface area contributed by atoms with Crippen molar-refractivity contribution in [3.63, 3.8) is 0 Å². The van der Waals surface area contributed by atoms with E-state index in [2.05, 4.69) is 24.5 Å². The van der Waals surface area contributed by atoms with Gasteiger partial charge in [0.05, 0.1) is 6.04 Å². The number of nitrogens with one attached hydrogen (secondary N) is 2. The topological polar surface area (TPSA) is 42.5 Å². The molecule has 0 unspecified atom stereocenters. The van der Waals surface area contributed by atoms with Crippen molar-refractivity contribution in [2.75, 3.05) is 18.5 Å². The van der Waals surface area contributed by atoms with E-state index in [0.29, 0.717) is 24.2 Å². The van der Waals surface area contributed by atoms with E-state index >= 15 is 0 Å². The van der Waals surface area contributed by atoms with E-state index in [-0.39, 0.29) is 11.9 Å². The van der Waals surface area contributed by atoms with Crippen molar-refractivity contribution in [1.82, 2.24) is 5.32 Å². The molecule has 0 aromatic heterocycles. The maximum atomic E-state index is 13.0. The van der Waals surface area contributed by atoms with Crippen LogP contribution in [0.1, 0.15) is 25.5 Å². The summed E-state index contributed by atoms with van der Waals surface area (Å²) in [4.78, 5) is 0. The Labute approximate surface area is 152 Å². The lowest BCUT2D eigenvalue weighted by Gasteiger charge is -2.26. The SMILES string of the molecule is CC(C)[C@@H](NC(=S)Nc1ccc(F)cc1)c1ccc2c(c1)OCCO2. The van der Waals surface area contributed by atoms with Gasteiger partial charge in [0.2, 0.25) is 0 Å². The van der Waals surface area contributed by atoms with Crippen molar-refractivity contribution >= 4 is 23.0 Å². The van der Waals surface area contributed by atoms with E-state index in [1.165, 1.54) is 12.1 Å². The predicted molar refractivity (Wildman–Crippen MR) is 101 cm³/mol. The van der Waals surface area contributed by atoms with Crippen LogP contribution in [0.2, 0.25) is 0 Å². The molecule has 0 bridgehead atoms. The number of benzene rings is 2. The molecule has 0 aliphatic carbocycles. The van der Waals surface area contributed by atoms with Gasteiger partial charge in [-0.3, -0.25) is 0 Å². The summed E-state index contributed by atoms with van der Waals surface area (Å²) in [7, 11) is 0. The van der Waals surface area contributed by atoms with E-state index in [1.54, 1.807) is 12.1 Å². The Morgan fingerprint density at radius 1 is 1.04 bits per heavy atom. The number of ether oxygens (including phenoxy) is 2. The monoisotopic (exact) mass is 360 g/mol. The van der Waals surface area contributed by atoms with Gasteiger partial charge in [0.1, 0.15) is 19.0 Å². The Bertz CT molecular complexity index is 750. The van der Waals surface area contributed by atoms with Crippen LogP contribution in [0.3, 0.4) is 0 Å². The average Bonchev–Trinajstić information content (AvgIpc) is 2.61. The minimum absolute atomic E-state index is 0.0104. The molecule has 0 spiro atoms. The summed E-state index contributed by atoms with van der Waals surface area (Å²) in [5.41, 5.74) is 1.81. The molecule has 1 atom stereocenters. The minimum Gasteiger partial charge on any atom is -0.486 e. The van der Waals surface area contributed by atoms with Crippen LogP contribution < -0.4 is 20.1 Å². The first-order valence-electron chi connectivity index (χ1n) is 8.25. The molecular formula is C19H21FN2O2S. The highest BCUT2D eigenvalue weighted by Gasteiger charge is 2.20. The van der Waals surface area contributed by atoms with Gasteiger partial charge in [-0.05, 0) is 60.1 Å². The molecule has 1 heterocycles. The second kappa shape index (κ2) is 7.70. The second-order valence-corrected chi connectivity index (χ2v) is 6.64. The first kappa shape index (κ1) is 17.5. The van der Waals surface area contributed by atoms with Crippen LogP contribution in [0.25, 0.3) is 0 Å². The van der Waals surface area contributed by atoms with Crippen LogP contribution in [-0.2, 0) is 0 Å². The van der Waals surface area contributed by atoms with Crippen molar-refractivity contribution in [3.05, 3.63) is 53.8 Å². The van der Waals surface area contributed by atoms with Crippen LogP contribution in [0.5, 0.6) is 11.5 Å². The zero-order valence-electron chi connectivity index (χ0n) is 14.2. The number of hydrogen-bond donors (Lipinski definition) is 2. The fourth-order valence-electron chi connectivity index (χ4n) is 2.73. The summed E-state index contributed by atoms with van der Waals surface area (Å²) in [6, 6.07) is 12.0. The Kier molecular flexibility index (Phi) is 5.38. The lowest BCUT2D eigenvalue weighted by atomic mass is 9.95. The van der Waals surface area contributed by atoms with Crippen LogP contribution >= 0.6 is 12.2 Å². The molecule has 2 N–H and O–H groups in total. The van der Waals surface area contributed by atoms with Crippen molar-refractivity contribution in [3.8, 4) is 11.5 Å². The number of anilines is 1. The van der Waals surface area contributed by atoms with E-state index < -0.39 is 0 Å². The summed E-state index contributed by atoms with van der Waals surface area (Å²) in [5, 5.41) is 6.90. The largest absolute Gasteiger partial charge is 0.486 e. The zero-order chi connectivity index (χ0) is 17.8. The third kappa shape index (κ3) is 4.39. The molecule has 4 nitrogen and oxygen atoms in total. The number of fused-ring (bicyclic) bond motifs is 1. The standard InChI is InChI=1S/C19H21FN2O2S/c1-12(2)18(13-3-8-16-17(11-13)24-10-9-23-16)22-19(25)21-15-6-4-14(20)5-7-15/h3-8,11-12,18H,9-10H2,1-2H3,(H2,21,22,25)/t18-/m1/s1. The van der Waals surface area contributed by atoms with Crippen LogP contribution in [0.4, 0.5) is 10.1 Å². The van der Waals surface area contributed by atoms with Crippen molar-refractivity contribution in [2.24, 2.45) is 5.92 Å². The highest BCUT2D eigenvalue weighted by atomic mass is 32.1. The Morgan fingerprint density at radius 2 is 1.72 bits per heavy atom. The highest BCUT2D eigenvalue weighted by Crippen LogP contribution is 2.34. The third-order valence-corrected chi connectivity index (χ3v) is 4.20. The molecule has 132 valence electrons. The molecule has 0 radical (unpaired) electrons. The van der Waals surface area contributed by atoms with Crippen molar-refractivity contribution in [2.45, 2.75) is 19.9 Å².